The molecule has 198 valence electrons. The molecule has 2 N–H and O–H groups in total. The maximum Gasteiger partial charge on any atom is 0.254 e. The number of nitrogens with zero attached hydrogens (tertiary/aromatic N) is 2. The van der Waals surface area contributed by atoms with Crippen LogP contribution >= 0.6 is 0 Å². The van der Waals surface area contributed by atoms with Crippen LogP contribution in [0, 0.1) is 0 Å². The molecule has 5 rings (SSSR count). The van der Waals surface area contributed by atoms with Gasteiger partial charge < -0.3 is 39.2 Å². The van der Waals surface area contributed by atoms with Crippen molar-refractivity contribution in [2.45, 2.75) is 62.9 Å². The monoisotopic (exact) mass is 503 g/mol. The van der Waals surface area contributed by atoms with E-state index in [-0.39, 0.29) is 56.6 Å². The maximum atomic E-state index is 13.5. The smallest absolute Gasteiger partial charge is 0.254 e. The maximum absolute atomic E-state index is 13.5. The number of rotatable bonds is 6. The Kier molecular flexibility index (Phi) is 8.25. The second-order valence-electron chi connectivity index (χ2n) is 10.1. The number of piperidine rings is 1. The number of nitrogens with one attached hydrogen (secondary N) is 1. The Hall–Kier alpha value is -2.40. The first kappa shape index (κ1) is 25.3. The van der Waals surface area contributed by atoms with Gasteiger partial charge in [-0.05, 0) is 57.0 Å². The minimum Gasteiger partial charge on any atom is -0.454 e. The third-order valence-electron chi connectivity index (χ3n) is 7.47. The summed E-state index contributed by atoms with van der Waals surface area (Å²) >= 11 is 0. The summed E-state index contributed by atoms with van der Waals surface area (Å²) in [6, 6.07) is 4.87. The molecule has 0 aromatic heterocycles. The minimum absolute atomic E-state index is 0.00839. The summed E-state index contributed by atoms with van der Waals surface area (Å²) < 4.78 is 22.8. The number of likely N-dealkylation sites (tertiary alicyclic amines) is 1. The zero-order chi connectivity index (χ0) is 24.9. The van der Waals surface area contributed by atoms with Crippen LogP contribution in [0.4, 0.5) is 0 Å². The highest BCUT2D eigenvalue weighted by Crippen LogP contribution is 2.34. The summed E-state index contributed by atoms with van der Waals surface area (Å²) in [5.41, 5.74) is 0.474. The van der Waals surface area contributed by atoms with Gasteiger partial charge in [0.1, 0.15) is 6.10 Å². The van der Waals surface area contributed by atoms with Gasteiger partial charge in [-0.3, -0.25) is 9.59 Å². The number of β-amino-alcohol motifs (C(OH)–C–C–N with tert-alkyl or cyclic N) is 1. The topological polar surface area (TPSA) is 110 Å². The van der Waals surface area contributed by atoms with E-state index in [0.29, 0.717) is 42.9 Å². The van der Waals surface area contributed by atoms with Crippen LogP contribution in [0.5, 0.6) is 11.5 Å². The van der Waals surface area contributed by atoms with E-state index in [2.05, 4.69) is 10.2 Å². The number of fused-ring (bicyclic) bond motifs is 2. The first-order valence-corrected chi connectivity index (χ1v) is 13.2. The van der Waals surface area contributed by atoms with Crippen LogP contribution in [-0.4, -0.2) is 104 Å². The number of hydrogen-bond acceptors (Lipinski definition) is 8. The molecule has 10 heteroatoms. The largest absolute Gasteiger partial charge is 0.454 e. The van der Waals surface area contributed by atoms with Crippen LogP contribution in [0.15, 0.2) is 18.2 Å². The predicted octanol–water partition coefficient (Wildman–Crippen LogP) is 1.16. The van der Waals surface area contributed by atoms with E-state index in [1.165, 1.54) is 19.3 Å². The highest BCUT2D eigenvalue weighted by atomic mass is 16.7. The Bertz CT molecular complexity index is 923. The predicted molar refractivity (Wildman–Crippen MR) is 130 cm³/mol. The Morgan fingerprint density at radius 1 is 1.06 bits per heavy atom. The third-order valence-corrected chi connectivity index (χ3v) is 7.47. The highest BCUT2D eigenvalue weighted by Gasteiger charge is 2.40. The second kappa shape index (κ2) is 11.8. The summed E-state index contributed by atoms with van der Waals surface area (Å²) in [7, 11) is 0. The van der Waals surface area contributed by atoms with E-state index in [9.17, 15) is 14.7 Å². The standard InChI is InChI=1S/C26H37N3O7/c30-19-14-29(26(32)18-4-7-22-23(12-18)35-17-34-22)21-6-5-20(36-24(21)16-33-15-19)13-25(31)27-8-11-28-9-2-1-3-10-28/h4,7,12,19-21,24,30H,1-3,5-6,8-11,13-17H2,(H,27,31)/t19-,20+,21+,24-/m1/s1. The van der Waals surface area contributed by atoms with Crippen LogP contribution < -0.4 is 14.8 Å². The van der Waals surface area contributed by atoms with E-state index in [1.54, 1.807) is 23.1 Å². The molecule has 36 heavy (non-hydrogen) atoms. The molecule has 0 saturated carbocycles. The fourth-order valence-corrected chi connectivity index (χ4v) is 5.59. The van der Waals surface area contributed by atoms with Gasteiger partial charge in [0, 0.05) is 25.2 Å². The molecular weight excluding hydrogens is 466 g/mol. The average Bonchev–Trinajstić information content (AvgIpc) is 3.35. The van der Waals surface area contributed by atoms with Gasteiger partial charge in [0.15, 0.2) is 11.5 Å². The molecule has 0 radical (unpaired) electrons. The molecule has 4 atom stereocenters. The third kappa shape index (κ3) is 6.11. The van der Waals surface area contributed by atoms with E-state index < -0.39 is 6.10 Å². The fourth-order valence-electron chi connectivity index (χ4n) is 5.59. The normalized spacial score (nSPS) is 28.6. The van der Waals surface area contributed by atoms with Crippen molar-refractivity contribution >= 4 is 11.8 Å². The number of aliphatic hydroxyl groups excluding tert-OH is 1. The molecular formula is C26H37N3O7. The number of ether oxygens (including phenoxy) is 4. The fraction of sp³-hybridized carbons (Fsp3) is 0.692. The lowest BCUT2D eigenvalue weighted by Gasteiger charge is -2.44. The number of aliphatic hydroxyl groups is 1. The van der Waals surface area contributed by atoms with E-state index in [1.807, 2.05) is 0 Å². The van der Waals surface area contributed by atoms with Crippen molar-refractivity contribution in [3.05, 3.63) is 23.8 Å². The van der Waals surface area contributed by atoms with Crippen LogP contribution in [0.25, 0.3) is 0 Å². The zero-order valence-electron chi connectivity index (χ0n) is 20.7. The van der Waals surface area contributed by atoms with Gasteiger partial charge in [0.25, 0.3) is 5.91 Å². The van der Waals surface area contributed by atoms with Crippen molar-refractivity contribution in [3.63, 3.8) is 0 Å². The first-order chi connectivity index (χ1) is 17.6. The summed E-state index contributed by atoms with van der Waals surface area (Å²) in [4.78, 5) is 30.2. The van der Waals surface area contributed by atoms with Crippen molar-refractivity contribution in [1.29, 1.82) is 0 Å². The molecule has 3 saturated heterocycles. The van der Waals surface area contributed by atoms with Crippen molar-refractivity contribution < 1.29 is 33.6 Å². The molecule has 10 nitrogen and oxygen atoms in total. The van der Waals surface area contributed by atoms with Gasteiger partial charge in [0.05, 0.1) is 37.9 Å². The van der Waals surface area contributed by atoms with Crippen LogP contribution in [0.3, 0.4) is 0 Å². The number of carbonyl (C=O) groups is 2. The summed E-state index contributed by atoms with van der Waals surface area (Å²) in [5, 5.41) is 13.4. The number of benzene rings is 1. The summed E-state index contributed by atoms with van der Waals surface area (Å²) in [6.45, 7) is 4.43. The SMILES string of the molecule is O=C(C[C@@H]1CC[C@H]2[C@@H](COC[C@H](O)CN2C(=O)c2ccc3c(c2)OCO3)O1)NCCN1CCCCC1. The lowest BCUT2D eigenvalue weighted by atomic mass is 9.94. The molecule has 0 aliphatic carbocycles. The van der Waals surface area contributed by atoms with Crippen LogP contribution in [0.1, 0.15) is 48.9 Å². The Morgan fingerprint density at radius 3 is 2.75 bits per heavy atom. The Morgan fingerprint density at radius 2 is 1.89 bits per heavy atom. The number of amides is 2. The van der Waals surface area contributed by atoms with Gasteiger partial charge in [-0.15, -0.1) is 0 Å². The van der Waals surface area contributed by atoms with Crippen molar-refractivity contribution in [3.8, 4) is 11.5 Å². The molecule has 2 amide bonds. The van der Waals surface area contributed by atoms with Gasteiger partial charge in [-0.25, -0.2) is 0 Å². The molecule has 0 unspecified atom stereocenters. The summed E-state index contributed by atoms with van der Waals surface area (Å²) in [5.74, 6) is 0.954. The number of hydrogen-bond donors (Lipinski definition) is 2. The second-order valence-corrected chi connectivity index (χ2v) is 10.1. The van der Waals surface area contributed by atoms with Gasteiger partial charge in [0.2, 0.25) is 12.7 Å². The molecule has 4 heterocycles. The molecule has 0 spiro atoms. The van der Waals surface area contributed by atoms with Crippen molar-refractivity contribution in [2.75, 3.05) is 52.7 Å². The zero-order valence-corrected chi connectivity index (χ0v) is 20.7. The highest BCUT2D eigenvalue weighted by molar-refractivity contribution is 5.95. The average molecular weight is 504 g/mol. The lowest BCUT2D eigenvalue weighted by molar-refractivity contribution is -0.150. The van der Waals surface area contributed by atoms with E-state index in [4.69, 9.17) is 18.9 Å². The van der Waals surface area contributed by atoms with E-state index >= 15 is 0 Å². The van der Waals surface area contributed by atoms with Crippen molar-refractivity contribution in [1.82, 2.24) is 15.1 Å². The first-order valence-electron chi connectivity index (χ1n) is 13.2. The van der Waals surface area contributed by atoms with Crippen LogP contribution in [0.2, 0.25) is 0 Å². The quantitative estimate of drug-likeness (QED) is 0.595. The van der Waals surface area contributed by atoms with Gasteiger partial charge in [-0.1, -0.05) is 6.42 Å². The Labute approximate surface area is 211 Å². The molecule has 4 aliphatic heterocycles. The van der Waals surface area contributed by atoms with Crippen LogP contribution in [-0.2, 0) is 14.3 Å². The van der Waals surface area contributed by atoms with Gasteiger partial charge >= 0.3 is 0 Å². The molecule has 1 aromatic rings. The van der Waals surface area contributed by atoms with Crippen molar-refractivity contribution in [2.24, 2.45) is 0 Å². The van der Waals surface area contributed by atoms with E-state index in [0.717, 1.165) is 19.6 Å². The minimum atomic E-state index is -0.785. The molecule has 4 aliphatic rings. The summed E-state index contributed by atoms with van der Waals surface area (Å²) in [6.07, 6.45) is 4.01. The lowest BCUT2D eigenvalue weighted by Crippen LogP contribution is -2.57. The molecule has 3 fully saturated rings. The van der Waals surface area contributed by atoms with Gasteiger partial charge in [-0.2, -0.15) is 0 Å². The Balaban J connectivity index is 1.18. The molecule has 1 aromatic carbocycles. The number of carbonyl (C=O) groups excluding carboxylic acids is 2. The molecule has 0 bridgehead atoms.